The number of hydrogen-bond donors (Lipinski definition) is 0. The normalized spacial score (nSPS) is 22.8. The molecule has 1 spiro atoms. The molecule has 1 fully saturated rings. The predicted molar refractivity (Wildman–Crippen MR) is 99.4 cm³/mol. The fourth-order valence-corrected chi connectivity index (χ4v) is 4.81. The minimum atomic E-state index is -0.220. The van der Waals surface area contributed by atoms with Gasteiger partial charge in [-0.05, 0) is 30.0 Å². The Balaban J connectivity index is 1.39. The number of likely N-dealkylation sites (tertiary alicyclic amines) is 1. The van der Waals surface area contributed by atoms with Gasteiger partial charge in [-0.1, -0.05) is 18.2 Å². The second-order valence-electron chi connectivity index (χ2n) is 7.17. The van der Waals surface area contributed by atoms with Crippen LogP contribution in [0.3, 0.4) is 0 Å². The van der Waals surface area contributed by atoms with E-state index < -0.39 is 0 Å². The van der Waals surface area contributed by atoms with Crippen LogP contribution in [-0.4, -0.2) is 33.1 Å². The Hall–Kier alpha value is -2.02. The second kappa shape index (κ2) is 6.30. The van der Waals surface area contributed by atoms with Crippen LogP contribution in [0.15, 0.2) is 48.0 Å². The summed E-state index contributed by atoms with van der Waals surface area (Å²) in [6, 6.07) is 11.0. The molecule has 4 nitrogen and oxygen atoms in total. The number of hydrogen-bond acceptors (Lipinski definition) is 4. The first-order chi connectivity index (χ1) is 12.7. The van der Waals surface area contributed by atoms with Crippen molar-refractivity contribution < 1.29 is 9.13 Å². The fourth-order valence-electron chi connectivity index (χ4n) is 4.07. The third kappa shape index (κ3) is 2.88. The van der Waals surface area contributed by atoms with E-state index in [1.165, 1.54) is 10.9 Å². The molecule has 1 atom stereocenters. The summed E-state index contributed by atoms with van der Waals surface area (Å²) in [5, 5.41) is 2.13. The van der Waals surface area contributed by atoms with Gasteiger partial charge in [-0.2, -0.15) is 0 Å². The molecule has 0 saturated carbocycles. The molecule has 0 radical (unpaired) electrons. The first kappa shape index (κ1) is 16.2. The Morgan fingerprint density at radius 1 is 1.23 bits per heavy atom. The molecule has 2 aliphatic heterocycles. The molecule has 0 amide bonds. The number of rotatable bonds is 3. The first-order valence-corrected chi connectivity index (χ1v) is 9.78. The number of imidazole rings is 1. The van der Waals surface area contributed by atoms with Crippen LogP contribution in [0.1, 0.15) is 17.1 Å². The standard InChI is InChI=1S/C20H20FN3OS/c21-16-4-1-3-15(9-16)18-10-22-19-12-25-20(14-24(18)19)6-7-23(13-20)11-17-5-2-8-26-17/h1-5,8-10H,6-7,11-14H2/t20-/m1/s1. The van der Waals surface area contributed by atoms with E-state index in [9.17, 15) is 4.39 Å². The van der Waals surface area contributed by atoms with Crippen molar-refractivity contribution in [2.75, 3.05) is 13.1 Å². The van der Waals surface area contributed by atoms with Crippen molar-refractivity contribution in [1.29, 1.82) is 0 Å². The van der Waals surface area contributed by atoms with Gasteiger partial charge >= 0.3 is 0 Å². The van der Waals surface area contributed by atoms with E-state index >= 15 is 0 Å². The van der Waals surface area contributed by atoms with Gasteiger partial charge in [0.2, 0.25) is 0 Å². The summed E-state index contributed by atoms with van der Waals surface area (Å²) >= 11 is 1.80. The molecule has 4 heterocycles. The molecule has 134 valence electrons. The largest absolute Gasteiger partial charge is 0.364 e. The summed E-state index contributed by atoms with van der Waals surface area (Å²) in [5.74, 6) is 0.703. The van der Waals surface area contributed by atoms with E-state index in [1.54, 1.807) is 23.5 Å². The van der Waals surface area contributed by atoms with Crippen LogP contribution in [0, 0.1) is 5.82 Å². The fraction of sp³-hybridized carbons (Fsp3) is 0.350. The molecule has 3 aromatic rings. The van der Waals surface area contributed by atoms with Crippen molar-refractivity contribution in [2.24, 2.45) is 0 Å². The molecule has 0 bridgehead atoms. The highest BCUT2D eigenvalue weighted by atomic mass is 32.1. The predicted octanol–water partition coefficient (Wildman–Crippen LogP) is 3.93. The zero-order valence-corrected chi connectivity index (χ0v) is 15.2. The molecule has 0 N–H and O–H groups in total. The summed E-state index contributed by atoms with van der Waals surface area (Å²) in [6.07, 6.45) is 2.85. The topological polar surface area (TPSA) is 30.3 Å². The van der Waals surface area contributed by atoms with Crippen molar-refractivity contribution >= 4 is 11.3 Å². The van der Waals surface area contributed by atoms with Crippen LogP contribution in [0.4, 0.5) is 4.39 Å². The Bertz CT molecular complexity index is 923. The molecular formula is C20H20FN3OS. The van der Waals surface area contributed by atoms with Crippen LogP contribution in [0.25, 0.3) is 11.3 Å². The Morgan fingerprint density at radius 3 is 3.04 bits per heavy atom. The Labute approximate surface area is 155 Å². The highest BCUT2D eigenvalue weighted by Gasteiger charge is 2.43. The highest BCUT2D eigenvalue weighted by molar-refractivity contribution is 7.09. The number of aromatic nitrogens is 2. The molecule has 6 heteroatoms. The van der Waals surface area contributed by atoms with Crippen molar-refractivity contribution in [3.8, 4) is 11.3 Å². The summed E-state index contributed by atoms with van der Waals surface area (Å²) in [7, 11) is 0. The summed E-state index contributed by atoms with van der Waals surface area (Å²) < 4.78 is 22.2. The van der Waals surface area contributed by atoms with Gasteiger partial charge in [0.05, 0.1) is 18.4 Å². The lowest BCUT2D eigenvalue weighted by molar-refractivity contribution is -0.0821. The zero-order valence-electron chi connectivity index (χ0n) is 14.4. The summed E-state index contributed by atoms with van der Waals surface area (Å²) in [6.45, 7) is 4.23. The molecule has 0 unspecified atom stereocenters. The molecule has 2 aromatic heterocycles. The Kier molecular flexibility index (Phi) is 3.92. The monoisotopic (exact) mass is 369 g/mol. The Morgan fingerprint density at radius 2 is 2.19 bits per heavy atom. The smallest absolute Gasteiger partial charge is 0.135 e. The van der Waals surface area contributed by atoms with Crippen LogP contribution in [-0.2, 0) is 24.4 Å². The molecule has 26 heavy (non-hydrogen) atoms. The molecule has 2 aliphatic rings. The van der Waals surface area contributed by atoms with Crippen LogP contribution in [0.2, 0.25) is 0 Å². The van der Waals surface area contributed by atoms with E-state index in [-0.39, 0.29) is 11.4 Å². The van der Waals surface area contributed by atoms with Gasteiger partial charge in [-0.15, -0.1) is 11.3 Å². The number of nitrogens with zero attached hydrogens (tertiary/aromatic N) is 3. The number of halogens is 1. The van der Waals surface area contributed by atoms with Gasteiger partial charge in [0, 0.05) is 30.1 Å². The van der Waals surface area contributed by atoms with Gasteiger partial charge in [0.15, 0.2) is 0 Å². The highest BCUT2D eigenvalue weighted by Crippen LogP contribution is 2.35. The summed E-state index contributed by atoms with van der Waals surface area (Å²) in [5.41, 5.74) is 1.67. The second-order valence-corrected chi connectivity index (χ2v) is 8.20. The number of benzene rings is 1. The average Bonchev–Trinajstić information content (AvgIpc) is 3.36. The molecule has 5 rings (SSSR count). The van der Waals surface area contributed by atoms with Gasteiger partial charge in [-0.3, -0.25) is 4.90 Å². The van der Waals surface area contributed by atoms with Crippen molar-refractivity contribution in [3.05, 3.63) is 64.5 Å². The maximum absolute atomic E-state index is 13.7. The molecular weight excluding hydrogens is 349 g/mol. The summed E-state index contributed by atoms with van der Waals surface area (Å²) in [4.78, 5) is 8.36. The lowest BCUT2D eigenvalue weighted by Gasteiger charge is -2.35. The van der Waals surface area contributed by atoms with Crippen molar-refractivity contribution in [3.63, 3.8) is 0 Å². The SMILES string of the molecule is Fc1cccc(-c2cnc3n2C[C@]2(CCN(Cc4cccs4)C2)OC3)c1. The van der Waals surface area contributed by atoms with E-state index in [4.69, 9.17) is 4.74 Å². The number of fused-ring (bicyclic) bond motifs is 1. The van der Waals surface area contributed by atoms with E-state index in [0.717, 1.165) is 49.7 Å². The van der Waals surface area contributed by atoms with Crippen LogP contribution in [0.5, 0.6) is 0 Å². The molecule has 0 aliphatic carbocycles. The minimum absolute atomic E-state index is 0.174. The van der Waals surface area contributed by atoms with Crippen molar-refractivity contribution in [1.82, 2.24) is 14.5 Å². The maximum atomic E-state index is 13.7. The lowest BCUT2D eigenvalue weighted by Crippen LogP contribution is -2.44. The lowest BCUT2D eigenvalue weighted by atomic mass is 10.0. The van der Waals surface area contributed by atoms with E-state index in [1.807, 2.05) is 12.3 Å². The maximum Gasteiger partial charge on any atom is 0.135 e. The molecule has 1 aromatic carbocycles. The van der Waals surface area contributed by atoms with Crippen LogP contribution >= 0.6 is 11.3 Å². The van der Waals surface area contributed by atoms with Gasteiger partial charge in [0.1, 0.15) is 23.8 Å². The van der Waals surface area contributed by atoms with E-state index in [2.05, 4.69) is 32.0 Å². The zero-order chi connectivity index (χ0) is 17.6. The van der Waals surface area contributed by atoms with Gasteiger partial charge in [-0.25, -0.2) is 9.37 Å². The minimum Gasteiger partial charge on any atom is -0.364 e. The third-order valence-corrected chi connectivity index (χ3v) is 6.23. The first-order valence-electron chi connectivity index (χ1n) is 8.90. The van der Waals surface area contributed by atoms with Crippen molar-refractivity contribution in [2.45, 2.75) is 31.7 Å². The quantitative estimate of drug-likeness (QED) is 0.701. The van der Waals surface area contributed by atoms with Gasteiger partial charge in [0.25, 0.3) is 0 Å². The van der Waals surface area contributed by atoms with E-state index in [0.29, 0.717) is 6.61 Å². The number of thiophene rings is 1. The third-order valence-electron chi connectivity index (χ3n) is 5.37. The van der Waals surface area contributed by atoms with Crippen LogP contribution < -0.4 is 0 Å². The molecule has 1 saturated heterocycles. The van der Waals surface area contributed by atoms with Gasteiger partial charge < -0.3 is 9.30 Å². The average molecular weight is 369 g/mol. The number of ether oxygens (including phenoxy) is 1.